The van der Waals surface area contributed by atoms with Gasteiger partial charge in [-0.25, -0.2) is 8.78 Å². The van der Waals surface area contributed by atoms with Crippen molar-refractivity contribution in [2.24, 2.45) is 0 Å². The van der Waals surface area contributed by atoms with Crippen molar-refractivity contribution in [1.29, 1.82) is 0 Å². The first-order chi connectivity index (χ1) is 13.0. The first kappa shape index (κ1) is 18.8. The molecule has 0 aliphatic heterocycles. The largest absolute Gasteiger partial charge is 0.484 e. The van der Waals surface area contributed by atoms with Crippen LogP contribution in [-0.2, 0) is 11.2 Å². The third kappa shape index (κ3) is 5.77. The molecule has 0 bridgehead atoms. The lowest BCUT2D eigenvalue weighted by Gasteiger charge is -2.09. The fraction of sp³-hybridized carbons (Fsp3) is 0.300. The quantitative estimate of drug-likeness (QED) is 0.746. The van der Waals surface area contributed by atoms with Crippen LogP contribution in [0.5, 0.6) is 5.75 Å². The molecule has 0 saturated heterocycles. The minimum Gasteiger partial charge on any atom is -0.484 e. The first-order valence-electron chi connectivity index (χ1n) is 8.75. The molecule has 3 rings (SSSR count). The summed E-state index contributed by atoms with van der Waals surface area (Å²) < 4.78 is 31.8. The molecule has 0 heterocycles. The second kappa shape index (κ2) is 8.62. The van der Waals surface area contributed by atoms with Crippen molar-refractivity contribution < 1.29 is 23.1 Å². The van der Waals surface area contributed by atoms with Gasteiger partial charge >= 0.3 is 0 Å². The average Bonchev–Trinajstić information content (AvgIpc) is 3.45. The highest BCUT2D eigenvalue weighted by atomic mass is 19.1. The standard InChI is InChI=1S/C20H20F2N2O3/c21-14-3-8-17(18(22)11-14)20(26)23-10-9-13-1-6-16(7-2-13)27-12-19(25)24-15-4-5-15/h1-3,6-8,11,15H,4-5,9-10,12H2,(H,23,26)(H,24,25). The van der Waals surface area contributed by atoms with E-state index in [2.05, 4.69) is 10.6 Å². The van der Waals surface area contributed by atoms with Gasteiger partial charge in [0.15, 0.2) is 6.61 Å². The molecular formula is C20H20F2N2O3. The Balaban J connectivity index is 1.41. The Bertz CT molecular complexity index is 820. The van der Waals surface area contributed by atoms with E-state index in [1.165, 1.54) is 0 Å². The van der Waals surface area contributed by atoms with Crippen molar-refractivity contribution in [3.63, 3.8) is 0 Å². The Morgan fingerprint density at radius 3 is 2.48 bits per heavy atom. The van der Waals surface area contributed by atoms with Crippen LogP contribution in [0, 0.1) is 11.6 Å². The number of hydrogen-bond acceptors (Lipinski definition) is 3. The Labute approximate surface area is 155 Å². The van der Waals surface area contributed by atoms with E-state index in [1.807, 2.05) is 12.1 Å². The fourth-order valence-electron chi connectivity index (χ4n) is 2.49. The maximum Gasteiger partial charge on any atom is 0.258 e. The molecule has 0 radical (unpaired) electrons. The molecule has 142 valence electrons. The van der Waals surface area contributed by atoms with Crippen LogP contribution in [0.3, 0.4) is 0 Å². The summed E-state index contributed by atoms with van der Waals surface area (Å²) in [4.78, 5) is 23.5. The summed E-state index contributed by atoms with van der Waals surface area (Å²) in [6.07, 6.45) is 2.60. The number of amides is 2. The highest BCUT2D eigenvalue weighted by Crippen LogP contribution is 2.18. The van der Waals surface area contributed by atoms with Crippen LogP contribution in [0.1, 0.15) is 28.8 Å². The molecule has 1 fully saturated rings. The van der Waals surface area contributed by atoms with Crippen LogP contribution >= 0.6 is 0 Å². The molecule has 27 heavy (non-hydrogen) atoms. The van der Waals surface area contributed by atoms with Gasteiger partial charge in [0.2, 0.25) is 0 Å². The number of carbonyl (C=O) groups is 2. The Kier molecular flexibility index (Phi) is 6.01. The number of ether oxygens (including phenoxy) is 1. The van der Waals surface area contributed by atoms with Crippen LogP contribution in [0.4, 0.5) is 8.78 Å². The van der Waals surface area contributed by atoms with E-state index in [0.29, 0.717) is 30.8 Å². The van der Waals surface area contributed by atoms with E-state index in [-0.39, 0.29) is 18.1 Å². The van der Waals surface area contributed by atoms with E-state index in [9.17, 15) is 18.4 Å². The third-order valence-corrected chi connectivity index (χ3v) is 4.11. The summed E-state index contributed by atoms with van der Waals surface area (Å²) in [6, 6.07) is 10.3. The molecule has 0 aromatic heterocycles. The molecule has 5 nitrogen and oxygen atoms in total. The van der Waals surface area contributed by atoms with Crippen molar-refractivity contribution >= 4 is 11.8 Å². The van der Waals surface area contributed by atoms with Crippen molar-refractivity contribution in [3.05, 3.63) is 65.2 Å². The van der Waals surface area contributed by atoms with Crippen LogP contribution in [0.15, 0.2) is 42.5 Å². The van der Waals surface area contributed by atoms with E-state index in [0.717, 1.165) is 30.5 Å². The number of nitrogens with one attached hydrogen (secondary N) is 2. The van der Waals surface area contributed by atoms with Gasteiger partial charge in [-0.3, -0.25) is 9.59 Å². The summed E-state index contributed by atoms with van der Waals surface area (Å²) in [5, 5.41) is 5.44. The van der Waals surface area contributed by atoms with Crippen molar-refractivity contribution in [2.45, 2.75) is 25.3 Å². The average molecular weight is 374 g/mol. The maximum atomic E-state index is 13.6. The van der Waals surface area contributed by atoms with E-state index in [4.69, 9.17) is 4.74 Å². The second-order valence-corrected chi connectivity index (χ2v) is 6.40. The van der Waals surface area contributed by atoms with Gasteiger partial charge < -0.3 is 15.4 Å². The molecule has 2 aromatic carbocycles. The Morgan fingerprint density at radius 1 is 1.07 bits per heavy atom. The smallest absolute Gasteiger partial charge is 0.258 e. The zero-order chi connectivity index (χ0) is 19.2. The molecule has 7 heteroatoms. The van der Waals surface area contributed by atoms with Gasteiger partial charge in [-0.15, -0.1) is 0 Å². The SMILES string of the molecule is O=C(COc1ccc(CCNC(=O)c2ccc(F)cc2F)cc1)NC1CC1. The van der Waals surface area contributed by atoms with Gasteiger partial charge in [-0.1, -0.05) is 12.1 Å². The molecular weight excluding hydrogens is 354 g/mol. The van der Waals surface area contributed by atoms with Crippen LogP contribution in [-0.4, -0.2) is 31.0 Å². The normalized spacial score (nSPS) is 13.1. The minimum atomic E-state index is -0.889. The molecule has 1 saturated carbocycles. The second-order valence-electron chi connectivity index (χ2n) is 6.40. The minimum absolute atomic E-state index is 0.0187. The van der Waals surface area contributed by atoms with Gasteiger partial charge in [0.25, 0.3) is 11.8 Å². The van der Waals surface area contributed by atoms with Crippen LogP contribution in [0.2, 0.25) is 0 Å². The van der Waals surface area contributed by atoms with Crippen molar-refractivity contribution in [1.82, 2.24) is 10.6 Å². The van der Waals surface area contributed by atoms with Crippen LogP contribution < -0.4 is 15.4 Å². The lowest BCUT2D eigenvalue weighted by atomic mass is 10.1. The Hall–Kier alpha value is -2.96. The highest BCUT2D eigenvalue weighted by Gasteiger charge is 2.23. The number of hydrogen-bond donors (Lipinski definition) is 2. The summed E-state index contributed by atoms with van der Waals surface area (Å²) in [5.41, 5.74) is 0.759. The maximum absolute atomic E-state index is 13.6. The molecule has 0 unspecified atom stereocenters. The van der Waals surface area contributed by atoms with Crippen LogP contribution in [0.25, 0.3) is 0 Å². The molecule has 1 aliphatic rings. The Morgan fingerprint density at radius 2 is 1.81 bits per heavy atom. The van der Waals surface area contributed by atoms with E-state index in [1.54, 1.807) is 12.1 Å². The topological polar surface area (TPSA) is 67.4 Å². The molecule has 2 aromatic rings. The number of rotatable bonds is 8. The third-order valence-electron chi connectivity index (χ3n) is 4.11. The molecule has 0 spiro atoms. The number of carbonyl (C=O) groups excluding carboxylic acids is 2. The summed E-state index contributed by atoms with van der Waals surface area (Å²) in [6.45, 7) is 0.286. The van der Waals surface area contributed by atoms with Gasteiger partial charge in [-0.2, -0.15) is 0 Å². The molecule has 1 aliphatic carbocycles. The van der Waals surface area contributed by atoms with Gasteiger partial charge in [-0.05, 0) is 49.1 Å². The van der Waals surface area contributed by atoms with Gasteiger partial charge in [0.1, 0.15) is 17.4 Å². The summed E-state index contributed by atoms with van der Waals surface area (Å²) in [5.74, 6) is -1.75. The van der Waals surface area contributed by atoms with Crippen molar-refractivity contribution in [2.75, 3.05) is 13.2 Å². The molecule has 2 N–H and O–H groups in total. The van der Waals surface area contributed by atoms with Gasteiger partial charge in [0.05, 0.1) is 5.56 Å². The fourth-order valence-corrected chi connectivity index (χ4v) is 2.49. The predicted molar refractivity (Wildman–Crippen MR) is 95.5 cm³/mol. The number of halogens is 2. The summed E-state index contributed by atoms with van der Waals surface area (Å²) >= 11 is 0. The molecule has 0 atom stereocenters. The summed E-state index contributed by atoms with van der Waals surface area (Å²) in [7, 11) is 0. The zero-order valence-electron chi connectivity index (χ0n) is 14.6. The highest BCUT2D eigenvalue weighted by molar-refractivity contribution is 5.94. The number of benzene rings is 2. The van der Waals surface area contributed by atoms with Crippen molar-refractivity contribution in [3.8, 4) is 5.75 Å². The molecule has 2 amide bonds. The lowest BCUT2D eigenvalue weighted by Crippen LogP contribution is -2.30. The predicted octanol–water partition coefficient (Wildman–Crippen LogP) is 2.59. The first-order valence-corrected chi connectivity index (χ1v) is 8.75. The van der Waals surface area contributed by atoms with E-state index < -0.39 is 17.5 Å². The lowest BCUT2D eigenvalue weighted by molar-refractivity contribution is -0.123. The van der Waals surface area contributed by atoms with E-state index >= 15 is 0 Å². The zero-order valence-corrected chi connectivity index (χ0v) is 14.6. The monoisotopic (exact) mass is 374 g/mol. The van der Waals surface area contributed by atoms with Gasteiger partial charge in [0, 0.05) is 18.7 Å².